The Hall–Kier alpha value is -2.24. The second-order valence-electron chi connectivity index (χ2n) is 9.00. The molecule has 5 rings (SSSR count). The molecule has 0 aromatic heterocycles. The van der Waals surface area contributed by atoms with Crippen molar-refractivity contribution in [1.29, 1.82) is 0 Å². The molecule has 4 heterocycles. The summed E-state index contributed by atoms with van der Waals surface area (Å²) in [5, 5.41) is 30.3. The first kappa shape index (κ1) is 22.0. The Balaban J connectivity index is 1.56. The molecule has 0 saturated carbocycles. The first-order valence-corrected chi connectivity index (χ1v) is 10.3. The van der Waals surface area contributed by atoms with Crippen molar-refractivity contribution in [1.82, 2.24) is 10.6 Å². The molecule has 5 N–H and O–H groups in total. The standard InChI is InChI=1S/C21H29N3O7/c1-18(2)30-12-19(3,31-18)15(25)21-17(27)23-20(28,16(26)24-21)13(9-10-29-21)11-22-14-7-5-4-6-8-14/h4-8,13,15,22,25,28H,9-12H2,1-3H3,(H,23,27)(H,24,26)/t13?,15-,19-,20+,21-/m0/s1. The van der Waals surface area contributed by atoms with E-state index in [1.54, 1.807) is 20.8 Å². The highest BCUT2D eigenvalue weighted by Crippen LogP contribution is 2.40. The highest BCUT2D eigenvalue weighted by atomic mass is 16.8. The van der Waals surface area contributed by atoms with Gasteiger partial charge in [-0.05, 0) is 39.3 Å². The smallest absolute Gasteiger partial charge is 0.278 e. The van der Waals surface area contributed by atoms with Crippen LogP contribution in [0.15, 0.2) is 30.3 Å². The fourth-order valence-electron chi connectivity index (χ4n) is 4.42. The molecule has 4 aliphatic heterocycles. The van der Waals surface area contributed by atoms with Gasteiger partial charge in [-0.2, -0.15) is 0 Å². The lowest BCUT2D eigenvalue weighted by Gasteiger charge is -2.51. The normalized spacial score (nSPS) is 38.0. The van der Waals surface area contributed by atoms with Gasteiger partial charge in [-0.15, -0.1) is 0 Å². The van der Waals surface area contributed by atoms with Crippen LogP contribution in [0.5, 0.6) is 0 Å². The van der Waals surface area contributed by atoms with Crippen LogP contribution < -0.4 is 16.0 Å². The maximum absolute atomic E-state index is 13.1. The molecule has 2 bridgehead atoms. The second-order valence-corrected chi connectivity index (χ2v) is 9.00. The van der Waals surface area contributed by atoms with Crippen LogP contribution in [0.25, 0.3) is 0 Å². The molecule has 1 unspecified atom stereocenters. The quantitative estimate of drug-likeness (QED) is 0.424. The van der Waals surface area contributed by atoms with Crippen LogP contribution >= 0.6 is 0 Å². The van der Waals surface area contributed by atoms with E-state index in [0.29, 0.717) is 0 Å². The van der Waals surface area contributed by atoms with Crippen LogP contribution in [0.2, 0.25) is 0 Å². The number of benzene rings is 1. The van der Waals surface area contributed by atoms with Crippen LogP contribution in [-0.2, 0) is 23.8 Å². The van der Waals surface area contributed by atoms with Crippen molar-refractivity contribution >= 4 is 17.5 Å². The van der Waals surface area contributed by atoms with Crippen molar-refractivity contribution in [3.8, 4) is 0 Å². The number of fused-ring (bicyclic) bond motifs is 5. The number of rotatable bonds is 5. The summed E-state index contributed by atoms with van der Waals surface area (Å²) in [5.74, 6) is -3.35. The molecule has 0 aliphatic carbocycles. The molecule has 5 atom stereocenters. The third-order valence-electron chi connectivity index (χ3n) is 6.15. The summed E-state index contributed by atoms with van der Waals surface area (Å²) in [7, 11) is 0. The molecule has 0 spiro atoms. The molecule has 10 nitrogen and oxygen atoms in total. The lowest BCUT2D eigenvalue weighted by Crippen LogP contribution is -2.84. The monoisotopic (exact) mass is 435 g/mol. The van der Waals surface area contributed by atoms with Crippen molar-refractivity contribution < 1.29 is 34.0 Å². The van der Waals surface area contributed by atoms with E-state index in [-0.39, 0.29) is 26.2 Å². The van der Waals surface area contributed by atoms with Crippen molar-refractivity contribution in [3.05, 3.63) is 30.3 Å². The third kappa shape index (κ3) is 3.68. The number of piperazine rings is 1. The topological polar surface area (TPSA) is 138 Å². The fraction of sp³-hybridized carbons (Fsp3) is 0.619. The number of carbonyl (C=O) groups is 2. The van der Waals surface area contributed by atoms with E-state index in [2.05, 4.69) is 16.0 Å². The summed E-state index contributed by atoms with van der Waals surface area (Å²) in [6.45, 7) is 5.18. The predicted molar refractivity (Wildman–Crippen MR) is 108 cm³/mol. The molecule has 4 aliphatic rings. The summed E-state index contributed by atoms with van der Waals surface area (Å²) < 4.78 is 17.2. The van der Waals surface area contributed by atoms with Gasteiger partial charge < -0.3 is 40.4 Å². The van der Waals surface area contributed by atoms with Crippen LogP contribution in [-0.4, -0.2) is 70.7 Å². The number of ether oxygens (including phenoxy) is 3. The average Bonchev–Trinajstić information content (AvgIpc) is 3.01. The molecular formula is C21H29N3O7. The Morgan fingerprint density at radius 2 is 1.84 bits per heavy atom. The number of hydrogen-bond acceptors (Lipinski definition) is 8. The van der Waals surface area contributed by atoms with Gasteiger partial charge >= 0.3 is 0 Å². The Labute approximate surface area is 180 Å². The van der Waals surface area contributed by atoms with Crippen LogP contribution in [0.3, 0.4) is 0 Å². The molecule has 4 fully saturated rings. The zero-order valence-electron chi connectivity index (χ0n) is 17.8. The van der Waals surface area contributed by atoms with E-state index in [0.717, 1.165) is 5.69 Å². The molecule has 4 saturated heterocycles. The molecule has 1 aromatic rings. The summed E-state index contributed by atoms with van der Waals surface area (Å²) in [6, 6.07) is 9.31. The number of anilines is 1. The second kappa shape index (κ2) is 7.42. The molecule has 0 radical (unpaired) electrons. The Morgan fingerprint density at radius 1 is 1.13 bits per heavy atom. The maximum atomic E-state index is 13.1. The van der Waals surface area contributed by atoms with Crippen LogP contribution in [0.1, 0.15) is 27.2 Å². The molecule has 2 amide bonds. The lowest BCUT2D eigenvalue weighted by atomic mass is 9.82. The highest BCUT2D eigenvalue weighted by Gasteiger charge is 2.66. The molecular weight excluding hydrogens is 406 g/mol. The van der Waals surface area contributed by atoms with Gasteiger partial charge in [-0.25, -0.2) is 0 Å². The summed E-state index contributed by atoms with van der Waals surface area (Å²) in [4.78, 5) is 26.1. The largest absolute Gasteiger partial charge is 0.385 e. The SMILES string of the molecule is CC1(C)OC[C@@](C)([C@H](O)[C@@]23NC(=O)[C@@](O)(NC2=O)C(CNc2ccccc2)CCO3)O1. The van der Waals surface area contributed by atoms with E-state index >= 15 is 0 Å². The van der Waals surface area contributed by atoms with E-state index in [1.165, 1.54) is 0 Å². The first-order chi connectivity index (χ1) is 14.5. The third-order valence-corrected chi connectivity index (χ3v) is 6.15. The summed E-state index contributed by atoms with van der Waals surface area (Å²) >= 11 is 0. The summed E-state index contributed by atoms with van der Waals surface area (Å²) in [6.07, 6.45) is -1.33. The minimum atomic E-state index is -2.15. The Bertz CT molecular complexity index is 866. The Kier molecular flexibility index (Phi) is 5.26. The lowest BCUT2D eigenvalue weighted by molar-refractivity contribution is -0.247. The number of nitrogens with one attached hydrogen (secondary N) is 3. The van der Waals surface area contributed by atoms with Crippen LogP contribution in [0.4, 0.5) is 5.69 Å². The molecule has 31 heavy (non-hydrogen) atoms. The number of para-hydroxylation sites is 1. The minimum Gasteiger partial charge on any atom is -0.385 e. The van der Waals surface area contributed by atoms with Crippen molar-refractivity contribution in [2.75, 3.05) is 25.1 Å². The zero-order chi connectivity index (χ0) is 22.5. The van der Waals surface area contributed by atoms with Crippen molar-refractivity contribution in [2.45, 2.75) is 56.1 Å². The zero-order valence-corrected chi connectivity index (χ0v) is 17.8. The number of hydrogen-bond donors (Lipinski definition) is 5. The van der Waals surface area contributed by atoms with Gasteiger partial charge in [-0.3, -0.25) is 9.59 Å². The average molecular weight is 435 g/mol. The van der Waals surface area contributed by atoms with E-state index in [1.807, 2.05) is 30.3 Å². The molecule has 1 aromatic carbocycles. The van der Waals surface area contributed by atoms with Gasteiger partial charge in [0.05, 0.1) is 13.2 Å². The first-order valence-electron chi connectivity index (χ1n) is 10.3. The van der Waals surface area contributed by atoms with E-state index in [9.17, 15) is 19.8 Å². The van der Waals surface area contributed by atoms with Crippen molar-refractivity contribution in [3.63, 3.8) is 0 Å². The number of amides is 2. The Morgan fingerprint density at radius 3 is 2.48 bits per heavy atom. The number of aliphatic hydroxyl groups excluding tert-OH is 1. The predicted octanol–water partition coefficient (Wildman–Crippen LogP) is -0.332. The van der Waals surface area contributed by atoms with Gasteiger partial charge in [0.2, 0.25) is 5.72 Å². The maximum Gasteiger partial charge on any atom is 0.278 e. The minimum absolute atomic E-state index is 0.0106. The number of carbonyl (C=O) groups excluding carboxylic acids is 2. The number of aliphatic hydroxyl groups is 2. The highest BCUT2D eigenvalue weighted by molar-refractivity contribution is 6.01. The van der Waals surface area contributed by atoms with Gasteiger partial charge in [0.15, 0.2) is 5.79 Å². The molecule has 10 heteroatoms. The van der Waals surface area contributed by atoms with Gasteiger partial charge in [0.1, 0.15) is 11.7 Å². The van der Waals surface area contributed by atoms with Gasteiger partial charge in [0, 0.05) is 18.2 Å². The van der Waals surface area contributed by atoms with Gasteiger partial charge in [0.25, 0.3) is 17.5 Å². The van der Waals surface area contributed by atoms with E-state index < -0.39 is 46.7 Å². The summed E-state index contributed by atoms with van der Waals surface area (Å²) in [5.41, 5.74) is -4.77. The van der Waals surface area contributed by atoms with E-state index in [4.69, 9.17) is 14.2 Å². The van der Waals surface area contributed by atoms with Crippen molar-refractivity contribution in [2.24, 2.45) is 5.92 Å². The van der Waals surface area contributed by atoms with Crippen LogP contribution in [0, 0.1) is 5.92 Å². The molecule has 170 valence electrons. The fourth-order valence-corrected chi connectivity index (χ4v) is 4.42. The van der Waals surface area contributed by atoms with Gasteiger partial charge in [-0.1, -0.05) is 18.2 Å².